The Labute approximate surface area is 352 Å². The Kier molecular flexibility index (Phi) is 14.6. The minimum absolute atomic E-state index is 0.187. The second kappa shape index (κ2) is 20.6. The van der Waals surface area contributed by atoms with Gasteiger partial charge in [0.05, 0.1) is 27.4 Å². The van der Waals surface area contributed by atoms with E-state index in [0.29, 0.717) is 24.4 Å². The van der Waals surface area contributed by atoms with Crippen LogP contribution in [0.3, 0.4) is 0 Å². The van der Waals surface area contributed by atoms with Gasteiger partial charge < -0.3 is 37.6 Å². The van der Waals surface area contributed by atoms with Crippen molar-refractivity contribution in [1.29, 1.82) is 0 Å². The van der Waals surface area contributed by atoms with E-state index >= 15 is 0 Å². The number of benzene rings is 4. The number of ether oxygens (including phenoxy) is 4. The molecule has 10 heteroatoms. The van der Waals surface area contributed by atoms with Crippen molar-refractivity contribution in [3.8, 4) is 23.0 Å². The van der Waals surface area contributed by atoms with Crippen LogP contribution in [0, 0.1) is 0 Å². The van der Waals surface area contributed by atoms with Gasteiger partial charge in [-0.15, -0.1) is 0 Å². The molecule has 0 saturated carbocycles. The molecule has 8 rings (SSSR count). The normalized spacial score (nSPS) is 13.4. The van der Waals surface area contributed by atoms with E-state index in [9.17, 15) is 9.59 Å². The number of fused-ring (bicyclic) bond motifs is 6. The summed E-state index contributed by atoms with van der Waals surface area (Å²) in [7, 11) is 7.58. The molecule has 0 N–H and O–H groups in total. The molecule has 6 aromatic rings. The lowest BCUT2D eigenvalue weighted by Gasteiger charge is -2.18. The summed E-state index contributed by atoms with van der Waals surface area (Å²) in [6, 6.07) is 28.0. The van der Waals surface area contributed by atoms with E-state index in [1.165, 1.54) is 22.3 Å². The fourth-order valence-electron chi connectivity index (χ4n) is 8.40. The van der Waals surface area contributed by atoms with Crippen molar-refractivity contribution in [3.63, 3.8) is 0 Å². The molecule has 60 heavy (non-hydrogen) atoms. The van der Waals surface area contributed by atoms with E-state index in [-0.39, 0.29) is 11.3 Å². The first-order valence-corrected chi connectivity index (χ1v) is 21.3. The van der Waals surface area contributed by atoms with Crippen molar-refractivity contribution in [2.75, 3.05) is 54.6 Å². The predicted octanol–water partition coefficient (Wildman–Crippen LogP) is 9.16. The highest BCUT2D eigenvalue weighted by molar-refractivity contribution is 5.83. The Balaban J connectivity index is 0.000000181. The van der Waals surface area contributed by atoms with Crippen molar-refractivity contribution in [2.24, 2.45) is 0 Å². The number of methoxy groups -OCH3 is 2. The zero-order chi connectivity index (χ0) is 41.8. The summed E-state index contributed by atoms with van der Waals surface area (Å²) in [5.74, 6) is 3.26. The maximum atomic E-state index is 12.3. The Bertz CT molecular complexity index is 2320. The molecular weight excluding hydrogens is 757 g/mol. The molecule has 2 aromatic heterocycles. The van der Waals surface area contributed by atoms with E-state index < -0.39 is 0 Å². The highest BCUT2D eigenvalue weighted by Gasteiger charge is 2.20. The molecule has 10 nitrogen and oxygen atoms in total. The summed E-state index contributed by atoms with van der Waals surface area (Å²) in [4.78, 5) is 29.1. The third kappa shape index (κ3) is 11.0. The lowest BCUT2D eigenvalue weighted by Crippen LogP contribution is -2.20. The summed E-state index contributed by atoms with van der Waals surface area (Å²) in [5.41, 5.74) is 7.40. The second-order valence-electron chi connectivity index (χ2n) is 16.0. The molecule has 0 amide bonds. The molecule has 0 bridgehead atoms. The molecule has 0 fully saturated rings. The van der Waals surface area contributed by atoms with Crippen LogP contribution in [0.2, 0.25) is 0 Å². The fraction of sp³-hybridized carbons (Fsp3) is 0.400. The van der Waals surface area contributed by atoms with Gasteiger partial charge in [-0.25, -0.2) is 9.59 Å². The number of aryl methyl sites for hydroxylation is 2. The topological polar surface area (TPSA) is 104 Å². The number of nitrogens with zero attached hydrogens (tertiary/aromatic N) is 2. The van der Waals surface area contributed by atoms with Crippen molar-refractivity contribution >= 4 is 21.9 Å². The maximum Gasteiger partial charge on any atom is 0.339 e. The molecule has 0 aliphatic heterocycles. The summed E-state index contributed by atoms with van der Waals surface area (Å²) < 4.78 is 33.6. The summed E-state index contributed by atoms with van der Waals surface area (Å²) >= 11 is 0. The average molecular weight is 815 g/mol. The van der Waals surface area contributed by atoms with Gasteiger partial charge in [-0.1, -0.05) is 24.3 Å². The Morgan fingerprint density at radius 1 is 0.517 bits per heavy atom. The van der Waals surface area contributed by atoms with Gasteiger partial charge in [0.1, 0.15) is 34.2 Å². The largest absolute Gasteiger partial charge is 0.497 e. The Morgan fingerprint density at radius 3 is 1.35 bits per heavy atom. The lowest BCUT2D eigenvalue weighted by atomic mass is 9.91. The van der Waals surface area contributed by atoms with Crippen molar-refractivity contribution in [2.45, 2.75) is 77.3 Å². The average Bonchev–Trinajstić information content (AvgIpc) is 3.27. The van der Waals surface area contributed by atoms with Crippen LogP contribution in [0.5, 0.6) is 23.0 Å². The van der Waals surface area contributed by atoms with Crippen LogP contribution >= 0.6 is 0 Å². The molecular formula is C50H58N2O8. The molecule has 316 valence electrons. The van der Waals surface area contributed by atoms with Gasteiger partial charge in [-0.2, -0.15) is 0 Å². The first kappa shape index (κ1) is 42.5. The van der Waals surface area contributed by atoms with Gasteiger partial charge in [-0.05, 0) is 149 Å². The third-order valence-electron chi connectivity index (χ3n) is 11.5. The quantitative estimate of drug-likeness (QED) is 0.0694. The smallest absolute Gasteiger partial charge is 0.339 e. The van der Waals surface area contributed by atoms with Crippen LogP contribution in [0.15, 0.2) is 103 Å². The lowest BCUT2D eigenvalue weighted by molar-refractivity contribution is 0.258. The highest BCUT2D eigenvalue weighted by atomic mass is 16.5. The minimum Gasteiger partial charge on any atom is -0.497 e. The van der Waals surface area contributed by atoms with Crippen LogP contribution in [0.25, 0.3) is 21.9 Å². The molecule has 0 spiro atoms. The molecule has 0 saturated heterocycles. The predicted molar refractivity (Wildman–Crippen MR) is 237 cm³/mol. The molecule has 2 aliphatic carbocycles. The summed E-state index contributed by atoms with van der Waals surface area (Å²) in [6.07, 6.45) is 9.78. The van der Waals surface area contributed by atoms with Crippen LogP contribution in [-0.2, 0) is 38.8 Å². The van der Waals surface area contributed by atoms with Gasteiger partial charge in [0, 0.05) is 60.2 Å². The number of hydrogen-bond acceptors (Lipinski definition) is 10. The van der Waals surface area contributed by atoms with Crippen molar-refractivity contribution in [1.82, 2.24) is 9.80 Å². The van der Waals surface area contributed by atoms with E-state index in [1.54, 1.807) is 14.2 Å². The molecule has 2 aliphatic rings. The Morgan fingerprint density at radius 2 is 0.933 bits per heavy atom. The monoisotopic (exact) mass is 814 g/mol. The molecule has 4 aromatic carbocycles. The highest BCUT2D eigenvalue weighted by Crippen LogP contribution is 2.31. The van der Waals surface area contributed by atoms with Crippen molar-refractivity contribution < 1.29 is 27.8 Å². The van der Waals surface area contributed by atoms with E-state index in [4.69, 9.17) is 27.8 Å². The van der Waals surface area contributed by atoms with Crippen LogP contribution in [-0.4, -0.2) is 64.4 Å². The third-order valence-corrected chi connectivity index (χ3v) is 11.5. The van der Waals surface area contributed by atoms with Gasteiger partial charge >= 0.3 is 11.3 Å². The SMILES string of the molecule is COc1cccc(CN(C)CCCOc2ccc3c4c(c(=O)oc3c2)CCCC4)c1.COc1cccc(CN(C)CCCOc2ccc3c4c(c(=O)oc3c2)CCCC4)c1. The van der Waals surface area contributed by atoms with E-state index in [2.05, 4.69) is 48.2 Å². The number of rotatable bonds is 16. The summed E-state index contributed by atoms with van der Waals surface area (Å²) in [6.45, 7) is 4.81. The maximum absolute atomic E-state index is 12.3. The molecule has 0 unspecified atom stereocenters. The van der Waals surface area contributed by atoms with Gasteiger partial charge in [-0.3, -0.25) is 0 Å². The Hall–Kier alpha value is -5.58. The summed E-state index contributed by atoms with van der Waals surface area (Å²) in [5, 5.41) is 2.10. The first-order valence-electron chi connectivity index (χ1n) is 21.3. The molecule has 2 heterocycles. The zero-order valence-corrected chi connectivity index (χ0v) is 35.6. The molecule has 0 atom stereocenters. The second-order valence-corrected chi connectivity index (χ2v) is 16.0. The fourth-order valence-corrected chi connectivity index (χ4v) is 8.40. The van der Waals surface area contributed by atoms with Crippen LogP contribution in [0.4, 0.5) is 0 Å². The van der Waals surface area contributed by atoms with Gasteiger partial charge in [0.15, 0.2) is 0 Å². The number of hydrogen-bond donors (Lipinski definition) is 0. The van der Waals surface area contributed by atoms with Gasteiger partial charge in [0.25, 0.3) is 0 Å². The van der Waals surface area contributed by atoms with Crippen LogP contribution < -0.4 is 30.2 Å². The van der Waals surface area contributed by atoms with Gasteiger partial charge in [0.2, 0.25) is 0 Å². The standard InChI is InChI=1S/2C25H29NO4/c2*1-26(17-18-7-5-8-19(15-18)28-2)13-6-14-29-20-11-12-22-21-9-3-4-10-23(21)25(27)30-24(22)16-20/h2*5,7-8,11-12,15-16H,3-4,6,9-10,13-14,17H2,1-2H3. The molecule has 0 radical (unpaired) electrons. The minimum atomic E-state index is -0.187. The van der Waals surface area contributed by atoms with Crippen LogP contribution in [0.1, 0.15) is 71.9 Å². The zero-order valence-electron chi connectivity index (χ0n) is 35.6. The van der Waals surface area contributed by atoms with Crippen molar-refractivity contribution in [3.05, 3.63) is 139 Å². The van der Waals surface area contributed by atoms with E-state index in [0.717, 1.165) is 135 Å². The first-order chi connectivity index (χ1) is 29.3. The van der Waals surface area contributed by atoms with E-state index in [1.807, 2.05) is 60.7 Å².